The summed E-state index contributed by atoms with van der Waals surface area (Å²) in [6.07, 6.45) is 6.83. The Morgan fingerprint density at radius 2 is 1.70 bits per heavy atom. The monoisotopic (exact) mass is 449 g/mol. The Labute approximate surface area is 197 Å². The molecular formula is C27H35N3O3. The van der Waals surface area contributed by atoms with Crippen molar-refractivity contribution in [3.05, 3.63) is 59.7 Å². The predicted octanol–water partition coefficient (Wildman–Crippen LogP) is 5.04. The first-order chi connectivity index (χ1) is 16.1. The number of carbonyl (C=O) groups excluding carboxylic acids is 1. The molecule has 0 bridgehead atoms. The van der Waals surface area contributed by atoms with Crippen LogP contribution >= 0.6 is 0 Å². The van der Waals surface area contributed by atoms with E-state index in [4.69, 9.17) is 14.6 Å². The van der Waals surface area contributed by atoms with Crippen molar-refractivity contribution >= 4 is 11.6 Å². The van der Waals surface area contributed by atoms with Crippen molar-refractivity contribution in [3.63, 3.8) is 0 Å². The Hall–Kier alpha value is -2.86. The zero-order valence-electron chi connectivity index (χ0n) is 20.0. The molecule has 1 aliphatic carbocycles. The van der Waals surface area contributed by atoms with Crippen molar-refractivity contribution in [2.45, 2.75) is 57.5 Å². The average molecular weight is 450 g/mol. The molecular weight excluding hydrogens is 414 g/mol. The number of hydrogen-bond donors (Lipinski definition) is 0. The standard InChI is InChI=1S/C27H35N3O3/c1-4-33-24-16-12-21(13-17-24)26-18-25(20-10-14-23(32-3)15-11-20)28-30(26)27(31)19-29(2)22-8-6-5-7-9-22/h10-17,22,26H,4-9,18-19H2,1-3H3/t26-/m1/s1. The third-order valence-electron chi connectivity index (χ3n) is 6.75. The van der Waals surface area contributed by atoms with Crippen LogP contribution in [0.3, 0.4) is 0 Å². The summed E-state index contributed by atoms with van der Waals surface area (Å²) in [5, 5.41) is 6.53. The van der Waals surface area contributed by atoms with Crippen molar-refractivity contribution in [1.82, 2.24) is 9.91 Å². The lowest BCUT2D eigenvalue weighted by molar-refractivity contribution is -0.134. The maximum atomic E-state index is 13.5. The van der Waals surface area contributed by atoms with Gasteiger partial charge in [-0.25, -0.2) is 5.01 Å². The predicted molar refractivity (Wildman–Crippen MR) is 131 cm³/mol. The van der Waals surface area contributed by atoms with Crippen LogP contribution in [0.5, 0.6) is 11.5 Å². The summed E-state index contributed by atoms with van der Waals surface area (Å²) >= 11 is 0. The van der Waals surface area contributed by atoms with Gasteiger partial charge >= 0.3 is 0 Å². The molecule has 1 amide bonds. The van der Waals surface area contributed by atoms with Gasteiger partial charge in [0, 0.05) is 12.5 Å². The summed E-state index contributed by atoms with van der Waals surface area (Å²) in [4.78, 5) is 15.7. The highest BCUT2D eigenvalue weighted by molar-refractivity contribution is 6.03. The molecule has 1 fully saturated rings. The molecule has 0 aromatic heterocycles. The number of rotatable bonds is 8. The topological polar surface area (TPSA) is 54.4 Å². The molecule has 0 saturated heterocycles. The first-order valence-electron chi connectivity index (χ1n) is 12.1. The molecule has 0 N–H and O–H groups in total. The van der Waals surface area contributed by atoms with Crippen LogP contribution in [-0.4, -0.2) is 54.9 Å². The number of carbonyl (C=O) groups is 1. The van der Waals surface area contributed by atoms with Crippen LogP contribution in [0.1, 0.15) is 62.6 Å². The van der Waals surface area contributed by atoms with Gasteiger partial charge < -0.3 is 9.47 Å². The second-order valence-corrected chi connectivity index (χ2v) is 8.94. The third-order valence-corrected chi connectivity index (χ3v) is 6.75. The molecule has 0 radical (unpaired) electrons. The van der Waals surface area contributed by atoms with Gasteiger partial charge in [0.15, 0.2) is 0 Å². The van der Waals surface area contributed by atoms with Gasteiger partial charge in [0.1, 0.15) is 11.5 Å². The van der Waals surface area contributed by atoms with Gasteiger partial charge in [0.2, 0.25) is 0 Å². The van der Waals surface area contributed by atoms with Crippen LogP contribution in [-0.2, 0) is 4.79 Å². The Balaban J connectivity index is 1.56. The Kier molecular flexibility index (Phi) is 7.65. The molecule has 2 aromatic carbocycles. The lowest BCUT2D eigenvalue weighted by Crippen LogP contribution is -2.41. The van der Waals surface area contributed by atoms with Crippen LogP contribution < -0.4 is 9.47 Å². The smallest absolute Gasteiger partial charge is 0.257 e. The van der Waals surface area contributed by atoms with Crippen LogP contribution in [0.15, 0.2) is 53.6 Å². The molecule has 2 aliphatic rings. The lowest BCUT2D eigenvalue weighted by atomic mass is 9.94. The van der Waals surface area contributed by atoms with Crippen molar-refractivity contribution in [2.24, 2.45) is 5.10 Å². The van der Waals surface area contributed by atoms with Gasteiger partial charge in [-0.15, -0.1) is 0 Å². The summed E-state index contributed by atoms with van der Waals surface area (Å²) in [6, 6.07) is 16.3. The van der Waals surface area contributed by atoms with E-state index in [1.54, 1.807) is 12.1 Å². The summed E-state index contributed by atoms with van der Waals surface area (Å²) in [5.74, 6) is 1.69. The largest absolute Gasteiger partial charge is 0.497 e. The highest BCUT2D eigenvalue weighted by Crippen LogP contribution is 2.34. The number of likely N-dealkylation sites (N-methyl/N-ethyl adjacent to an activating group) is 1. The van der Waals surface area contributed by atoms with E-state index in [0.717, 1.165) is 28.3 Å². The van der Waals surface area contributed by atoms with E-state index in [-0.39, 0.29) is 11.9 Å². The molecule has 1 aliphatic heterocycles. The van der Waals surface area contributed by atoms with Crippen molar-refractivity contribution in [1.29, 1.82) is 0 Å². The summed E-state index contributed by atoms with van der Waals surface area (Å²) < 4.78 is 10.9. The number of methoxy groups -OCH3 is 1. The SMILES string of the molecule is CCOc1ccc([C@H]2CC(c3ccc(OC)cc3)=NN2C(=O)CN(C)C2CCCCC2)cc1. The van der Waals surface area contributed by atoms with E-state index in [1.807, 2.05) is 55.5 Å². The quantitative estimate of drug-likeness (QED) is 0.567. The van der Waals surface area contributed by atoms with E-state index >= 15 is 0 Å². The minimum Gasteiger partial charge on any atom is -0.497 e. The molecule has 1 saturated carbocycles. The number of hydrazone groups is 1. The van der Waals surface area contributed by atoms with Crippen LogP contribution in [0.2, 0.25) is 0 Å². The number of ether oxygens (including phenoxy) is 2. The van der Waals surface area contributed by atoms with Crippen molar-refractivity contribution in [2.75, 3.05) is 27.3 Å². The Morgan fingerprint density at radius 3 is 2.33 bits per heavy atom. The van der Waals surface area contributed by atoms with E-state index in [9.17, 15) is 4.79 Å². The van der Waals surface area contributed by atoms with Gasteiger partial charge in [0.05, 0.1) is 32.0 Å². The highest BCUT2D eigenvalue weighted by Gasteiger charge is 2.34. The van der Waals surface area contributed by atoms with Crippen LogP contribution in [0.4, 0.5) is 0 Å². The average Bonchev–Trinajstić information content (AvgIpc) is 3.31. The van der Waals surface area contributed by atoms with E-state index in [2.05, 4.69) is 11.9 Å². The Morgan fingerprint density at radius 1 is 1.03 bits per heavy atom. The summed E-state index contributed by atoms with van der Waals surface area (Å²) in [6.45, 7) is 2.99. The molecule has 6 heteroatoms. The van der Waals surface area contributed by atoms with Crippen LogP contribution in [0, 0.1) is 0 Å². The second kappa shape index (κ2) is 10.8. The molecule has 6 nitrogen and oxygen atoms in total. The Bertz CT molecular complexity index is 950. The van der Waals surface area contributed by atoms with Crippen molar-refractivity contribution < 1.29 is 14.3 Å². The summed E-state index contributed by atoms with van der Waals surface area (Å²) in [5.41, 5.74) is 3.01. The normalized spacial score (nSPS) is 19.0. The van der Waals surface area contributed by atoms with Crippen molar-refractivity contribution in [3.8, 4) is 11.5 Å². The summed E-state index contributed by atoms with van der Waals surface area (Å²) in [7, 11) is 3.73. The highest BCUT2D eigenvalue weighted by atomic mass is 16.5. The number of nitrogens with zero attached hydrogens (tertiary/aromatic N) is 3. The molecule has 4 rings (SSSR count). The molecule has 1 atom stereocenters. The molecule has 176 valence electrons. The minimum atomic E-state index is -0.120. The fourth-order valence-corrected chi connectivity index (χ4v) is 4.85. The molecule has 0 spiro atoms. The number of hydrogen-bond acceptors (Lipinski definition) is 5. The van der Waals surface area contributed by atoms with Gasteiger partial charge in [-0.3, -0.25) is 9.69 Å². The molecule has 2 aromatic rings. The molecule has 1 heterocycles. The van der Waals surface area contributed by atoms with Gasteiger partial charge in [0.25, 0.3) is 5.91 Å². The van der Waals surface area contributed by atoms with Crippen LogP contribution in [0.25, 0.3) is 0 Å². The maximum absolute atomic E-state index is 13.5. The first kappa shape index (κ1) is 23.3. The third kappa shape index (κ3) is 5.56. The van der Waals surface area contributed by atoms with E-state index in [1.165, 1.54) is 32.1 Å². The molecule has 0 unspecified atom stereocenters. The zero-order valence-corrected chi connectivity index (χ0v) is 20.0. The number of benzene rings is 2. The molecule has 33 heavy (non-hydrogen) atoms. The zero-order chi connectivity index (χ0) is 23.2. The lowest BCUT2D eigenvalue weighted by Gasteiger charge is -2.32. The first-order valence-corrected chi connectivity index (χ1v) is 12.1. The maximum Gasteiger partial charge on any atom is 0.257 e. The second-order valence-electron chi connectivity index (χ2n) is 8.94. The van der Waals surface area contributed by atoms with Gasteiger partial charge in [-0.2, -0.15) is 5.10 Å². The van der Waals surface area contributed by atoms with E-state index in [0.29, 0.717) is 25.6 Å². The fraction of sp³-hybridized carbons (Fsp3) is 0.481. The fourth-order valence-electron chi connectivity index (χ4n) is 4.85. The van der Waals surface area contributed by atoms with E-state index < -0.39 is 0 Å². The minimum absolute atomic E-state index is 0.0467. The number of amides is 1. The van der Waals surface area contributed by atoms with Gasteiger partial charge in [-0.1, -0.05) is 31.4 Å². The van der Waals surface area contributed by atoms with Gasteiger partial charge in [-0.05, 0) is 74.3 Å².